The summed E-state index contributed by atoms with van der Waals surface area (Å²) in [5.41, 5.74) is 3.56. The molecule has 0 aliphatic rings. The van der Waals surface area contributed by atoms with Crippen molar-refractivity contribution in [1.82, 2.24) is 0 Å². The molecule has 0 unspecified atom stereocenters. The highest BCUT2D eigenvalue weighted by atomic mass is 79.9. The fourth-order valence-electron chi connectivity index (χ4n) is 1.76. The lowest BCUT2D eigenvalue weighted by atomic mass is 10.1. The van der Waals surface area contributed by atoms with Crippen molar-refractivity contribution in [1.29, 1.82) is 0 Å². The van der Waals surface area contributed by atoms with Gasteiger partial charge in [0.15, 0.2) is 0 Å². The Bertz CT molecular complexity index is 593. The Morgan fingerprint density at radius 2 is 1.67 bits per heavy atom. The standard InChI is InChI=1S/C15H14BrNO/c1-10-6-3-4-8-12(10)15(18)17-13-9-5-7-11(2)14(13)16/h3-9H,1-2H3,(H,17,18). The maximum Gasteiger partial charge on any atom is 0.255 e. The fourth-order valence-corrected chi connectivity index (χ4v) is 2.12. The van der Waals surface area contributed by atoms with Crippen molar-refractivity contribution in [2.24, 2.45) is 0 Å². The lowest BCUT2D eigenvalue weighted by molar-refractivity contribution is 0.102. The molecule has 0 radical (unpaired) electrons. The van der Waals surface area contributed by atoms with Crippen molar-refractivity contribution in [3.8, 4) is 0 Å². The number of nitrogens with one attached hydrogen (secondary N) is 1. The van der Waals surface area contributed by atoms with Gasteiger partial charge >= 0.3 is 0 Å². The molecule has 1 amide bonds. The first-order valence-electron chi connectivity index (χ1n) is 5.71. The van der Waals surface area contributed by atoms with E-state index in [1.807, 2.05) is 56.3 Å². The van der Waals surface area contributed by atoms with E-state index in [1.54, 1.807) is 0 Å². The molecule has 0 atom stereocenters. The van der Waals surface area contributed by atoms with E-state index < -0.39 is 0 Å². The quantitative estimate of drug-likeness (QED) is 0.879. The van der Waals surface area contributed by atoms with Crippen LogP contribution >= 0.6 is 15.9 Å². The van der Waals surface area contributed by atoms with Gasteiger partial charge in [-0.15, -0.1) is 0 Å². The lowest BCUT2D eigenvalue weighted by Crippen LogP contribution is -2.13. The van der Waals surface area contributed by atoms with Gasteiger partial charge in [-0.1, -0.05) is 30.3 Å². The number of hydrogen-bond acceptors (Lipinski definition) is 1. The van der Waals surface area contributed by atoms with Crippen LogP contribution < -0.4 is 5.32 Å². The minimum absolute atomic E-state index is 0.0839. The first kappa shape index (κ1) is 12.8. The van der Waals surface area contributed by atoms with Gasteiger partial charge in [0, 0.05) is 10.0 Å². The Balaban J connectivity index is 2.27. The topological polar surface area (TPSA) is 29.1 Å². The average Bonchev–Trinajstić information content (AvgIpc) is 2.35. The average molecular weight is 304 g/mol. The van der Waals surface area contributed by atoms with Crippen molar-refractivity contribution in [2.75, 3.05) is 5.32 Å². The molecule has 18 heavy (non-hydrogen) atoms. The summed E-state index contributed by atoms with van der Waals surface area (Å²) in [6.07, 6.45) is 0. The van der Waals surface area contributed by atoms with Crippen molar-refractivity contribution in [2.45, 2.75) is 13.8 Å². The SMILES string of the molecule is Cc1ccccc1C(=O)Nc1cccc(C)c1Br. The van der Waals surface area contributed by atoms with Crippen LogP contribution in [-0.4, -0.2) is 5.91 Å². The normalized spacial score (nSPS) is 10.2. The molecule has 3 heteroatoms. The summed E-state index contributed by atoms with van der Waals surface area (Å²) in [5.74, 6) is -0.0839. The molecule has 2 rings (SSSR count). The molecular weight excluding hydrogens is 290 g/mol. The van der Waals surface area contributed by atoms with Crippen LogP contribution in [0.5, 0.6) is 0 Å². The Morgan fingerprint density at radius 1 is 1.00 bits per heavy atom. The second kappa shape index (κ2) is 5.36. The lowest BCUT2D eigenvalue weighted by Gasteiger charge is -2.10. The Labute approximate surface area is 115 Å². The van der Waals surface area contributed by atoms with Gasteiger partial charge in [-0.05, 0) is 53.0 Å². The van der Waals surface area contributed by atoms with Gasteiger partial charge in [0.2, 0.25) is 0 Å². The zero-order valence-electron chi connectivity index (χ0n) is 10.3. The van der Waals surface area contributed by atoms with E-state index in [9.17, 15) is 4.79 Å². The highest BCUT2D eigenvalue weighted by molar-refractivity contribution is 9.10. The number of carbonyl (C=O) groups is 1. The van der Waals surface area contributed by atoms with Crippen molar-refractivity contribution < 1.29 is 4.79 Å². The summed E-state index contributed by atoms with van der Waals surface area (Å²) in [6, 6.07) is 13.4. The number of amides is 1. The summed E-state index contributed by atoms with van der Waals surface area (Å²) in [5, 5.41) is 2.92. The summed E-state index contributed by atoms with van der Waals surface area (Å²) in [4.78, 5) is 12.2. The van der Waals surface area contributed by atoms with E-state index in [-0.39, 0.29) is 5.91 Å². The first-order valence-corrected chi connectivity index (χ1v) is 6.51. The van der Waals surface area contributed by atoms with Crippen molar-refractivity contribution in [3.63, 3.8) is 0 Å². The number of rotatable bonds is 2. The van der Waals surface area contributed by atoms with Gasteiger partial charge in [-0.2, -0.15) is 0 Å². The second-order valence-electron chi connectivity index (χ2n) is 4.21. The molecule has 1 N–H and O–H groups in total. The Morgan fingerprint density at radius 3 is 2.39 bits per heavy atom. The summed E-state index contributed by atoms with van der Waals surface area (Å²) in [6.45, 7) is 3.92. The third-order valence-electron chi connectivity index (χ3n) is 2.83. The Hall–Kier alpha value is -1.61. The molecule has 0 fully saturated rings. The number of aryl methyl sites for hydroxylation is 2. The highest BCUT2D eigenvalue weighted by Gasteiger charge is 2.10. The van der Waals surface area contributed by atoms with Gasteiger partial charge in [-0.25, -0.2) is 0 Å². The number of benzene rings is 2. The Kier molecular flexibility index (Phi) is 3.82. The van der Waals surface area contributed by atoms with Gasteiger partial charge in [0.1, 0.15) is 0 Å². The zero-order chi connectivity index (χ0) is 13.1. The molecule has 2 aromatic rings. The zero-order valence-corrected chi connectivity index (χ0v) is 11.9. The molecule has 0 saturated heterocycles. The summed E-state index contributed by atoms with van der Waals surface area (Å²) >= 11 is 3.49. The maximum absolute atomic E-state index is 12.2. The summed E-state index contributed by atoms with van der Waals surface area (Å²) in [7, 11) is 0. The second-order valence-corrected chi connectivity index (χ2v) is 5.00. The predicted octanol–water partition coefficient (Wildman–Crippen LogP) is 4.32. The minimum atomic E-state index is -0.0839. The van der Waals surface area contributed by atoms with Gasteiger partial charge in [0.25, 0.3) is 5.91 Å². The third-order valence-corrected chi connectivity index (χ3v) is 3.88. The largest absolute Gasteiger partial charge is 0.321 e. The van der Waals surface area contributed by atoms with Crippen LogP contribution in [0.3, 0.4) is 0 Å². The van der Waals surface area contributed by atoms with Gasteiger partial charge in [-0.3, -0.25) is 4.79 Å². The maximum atomic E-state index is 12.2. The fraction of sp³-hybridized carbons (Fsp3) is 0.133. The van der Waals surface area contributed by atoms with Gasteiger partial charge in [0.05, 0.1) is 5.69 Å². The number of anilines is 1. The molecule has 92 valence electrons. The van der Waals surface area contributed by atoms with Gasteiger partial charge < -0.3 is 5.32 Å². The van der Waals surface area contributed by atoms with Crippen LogP contribution in [0.15, 0.2) is 46.9 Å². The van der Waals surface area contributed by atoms with E-state index in [1.165, 1.54) is 0 Å². The molecule has 0 saturated carbocycles. The number of hydrogen-bond donors (Lipinski definition) is 1. The predicted molar refractivity (Wildman–Crippen MR) is 78.0 cm³/mol. The third kappa shape index (κ3) is 2.62. The van der Waals surface area contributed by atoms with Crippen molar-refractivity contribution >= 4 is 27.5 Å². The molecule has 0 aliphatic heterocycles. The molecule has 0 bridgehead atoms. The molecular formula is C15H14BrNO. The number of halogens is 1. The van der Waals surface area contributed by atoms with Crippen molar-refractivity contribution in [3.05, 3.63) is 63.6 Å². The molecule has 0 aliphatic carbocycles. The molecule has 2 aromatic carbocycles. The molecule has 0 aromatic heterocycles. The van der Waals surface area contributed by atoms with Crippen LogP contribution in [0, 0.1) is 13.8 Å². The van der Waals surface area contributed by atoms with E-state index >= 15 is 0 Å². The highest BCUT2D eigenvalue weighted by Crippen LogP contribution is 2.26. The van der Waals surface area contributed by atoms with Crippen LogP contribution in [-0.2, 0) is 0 Å². The van der Waals surface area contributed by atoms with E-state index in [0.717, 1.165) is 21.3 Å². The smallest absolute Gasteiger partial charge is 0.255 e. The van der Waals surface area contributed by atoms with E-state index in [2.05, 4.69) is 21.2 Å². The van der Waals surface area contributed by atoms with Crippen LogP contribution in [0.1, 0.15) is 21.5 Å². The minimum Gasteiger partial charge on any atom is -0.321 e. The number of carbonyl (C=O) groups excluding carboxylic acids is 1. The summed E-state index contributed by atoms with van der Waals surface area (Å²) < 4.78 is 0.923. The van der Waals surface area contributed by atoms with Crippen LogP contribution in [0.25, 0.3) is 0 Å². The van der Waals surface area contributed by atoms with E-state index in [0.29, 0.717) is 5.56 Å². The van der Waals surface area contributed by atoms with E-state index in [4.69, 9.17) is 0 Å². The first-order chi connectivity index (χ1) is 8.59. The monoisotopic (exact) mass is 303 g/mol. The molecule has 0 heterocycles. The van der Waals surface area contributed by atoms with Crippen LogP contribution in [0.2, 0.25) is 0 Å². The van der Waals surface area contributed by atoms with Crippen LogP contribution in [0.4, 0.5) is 5.69 Å². The molecule has 2 nitrogen and oxygen atoms in total. The molecule has 0 spiro atoms.